The number of allylic oxidation sites excluding steroid dienone is 4. The van der Waals surface area contributed by atoms with Gasteiger partial charge in [-0.15, -0.1) is 0 Å². The molecule has 0 aliphatic carbocycles. The maximum absolute atomic E-state index is 10.3. The van der Waals surface area contributed by atoms with Crippen LogP contribution in [0.5, 0.6) is 0 Å². The van der Waals surface area contributed by atoms with Gasteiger partial charge in [0.2, 0.25) is 0 Å². The molecule has 0 saturated heterocycles. The van der Waals surface area contributed by atoms with E-state index in [-0.39, 0.29) is 21.1 Å². The Balaban J connectivity index is -0.000000688. The van der Waals surface area contributed by atoms with E-state index in [4.69, 9.17) is 10.2 Å². The van der Waals surface area contributed by atoms with Crippen molar-refractivity contribution in [1.29, 1.82) is 0 Å². The molecule has 41 heavy (non-hydrogen) atoms. The third-order valence-corrected chi connectivity index (χ3v) is 7.30. The molecule has 0 radical (unpaired) electrons. The van der Waals surface area contributed by atoms with Gasteiger partial charge in [-0.3, -0.25) is 9.59 Å². The molecule has 246 valence electrons. The molecule has 0 unspecified atom stereocenters. The second kappa shape index (κ2) is 41.2. The molecule has 0 aliphatic heterocycles. The summed E-state index contributed by atoms with van der Waals surface area (Å²) < 4.78 is 0. The van der Waals surface area contributed by atoms with Gasteiger partial charge in [-0.2, -0.15) is 0 Å². The van der Waals surface area contributed by atoms with E-state index in [1.807, 2.05) is 0 Å². The van der Waals surface area contributed by atoms with Crippen molar-refractivity contribution >= 4 is 11.9 Å². The van der Waals surface area contributed by atoms with Crippen LogP contribution in [0.2, 0.25) is 0 Å². The maximum atomic E-state index is 10.3. The van der Waals surface area contributed by atoms with Crippen molar-refractivity contribution in [2.45, 2.75) is 194 Å². The van der Waals surface area contributed by atoms with Gasteiger partial charge in [0.1, 0.15) is 0 Å². The third-order valence-electron chi connectivity index (χ3n) is 7.30. The van der Waals surface area contributed by atoms with Gasteiger partial charge in [-0.1, -0.05) is 141 Å². The van der Waals surface area contributed by atoms with Crippen molar-refractivity contribution in [1.82, 2.24) is 0 Å². The molecule has 0 saturated carbocycles. The van der Waals surface area contributed by atoms with Crippen LogP contribution in [-0.4, -0.2) is 22.2 Å². The average molecular weight is 760 g/mol. The Morgan fingerprint density at radius 3 is 0.854 bits per heavy atom. The van der Waals surface area contributed by atoms with Gasteiger partial charge in [0.05, 0.1) is 0 Å². The first kappa shape index (κ1) is 44.5. The molecule has 0 spiro atoms. The van der Waals surface area contributed by atoms with Gasteiger partial charge in [0.25, 0.3) is 0 Å². The molecule has 5 heteroatoms. The summed E-state index contributed by atoms with van der Waals surface area (Å²) in [6, 6.07) is 0. The molecule has 0 aliphatic rings. The van der Waals surface area contributed by atoms with Crippen LogP contribution in [0.4, 0.5) is 0 Å². The Morgan fingerprint density at radius 2 is 0.610 bits per heavy atom. The fourth-order valence-electron chi connectivity index (χ4n) is 4.69. The van der Waals surface area contributed by atoms with Crippen LogP contribution < -0.4 is 0 Å². The molecule has 0 heterocycles. The normalized spacial score (nSPS) is 11.0. The van der Waals surface area contributed by atoms with E-state index in [9.17, 15) is 9.59 Å². The number of rotatable bonds is 30. The molecule has 0 rings (SSSR count). The first-order valence-corrected chi connectivity index (χ1v) is 17.3. The van der Waals surface area contributed by atoms with Gasteiger partial charge in [0, 0.05) is 33.9 Å². The van der Waals surface area contributed by atoms with Crippen molar-refractivity contribution in [3.8, 4) is 0 Å². The minimum Gasteiger partial charge on any atom is -0.481 e. The minimum atomic E-state index is -0.664. The Labute approximate surface area is 269 Å². The zero-order valence-corrected chi connectivity index (χ0v) is 29.4. The van der Waals surface area contributed by atoms with Gasteiger partial charge in [0.15, 0.2) is 0 Å². The van der Waals surface area contributed by atoms with E-state index in [0.29, 0.717) is 12.8 Å². The van der Waals surface area contributed by atoms with E-state index in [2.05, 4.69) is 38.2 Å². The van der Waals surface area contributed by atoms with E-state index in [1.165, 1.54) is 141 Å². The maximum Gasteiger partial charge on any atom is 0.303 e. The molecule has 0 atom stereocenters. The second-order valence-corrected chi connectivity index (χ2v) is 11.5. The van der Waals surface area contributed by atoms with Crippen molar-refractivity contribution in [3.63, 3.8) is 0 Å². The standard InChI is InChI=1S/2C18H34O2.Pt/c2*1-2-3-4-5-6-7-8-9-10-11-12-13-14-15-16-17-18(19)20;/h2*9-10H,2-8,11-17H2,1H3,(H,19,20);/b2*10-9-;. The quantitative estimate of drug-likeness (QED) is 0.0565. The zero-order valence-electron chi connectivity index (χ0n) is 27.1. The van der Waals surface area contributed by atoms with E-state index in [0.717, 1.165) is 25.7 Å². The molecule has 0 fully saturated rings. The Bertz CT molecular complexity index is 524. The monoisotopic (exact) mass is 759 g/mol. The fourth-order valence-corrected chi connectivity index (χ4v) is 4.69. The van der Waals surface area contributed by atoms with Crippen molar-refractivity contribution in [2.24, 2.45) is 0 Å². The smallest absolute Gasteiger partial charge is 0.303 e. The molecule has 0 bridgehead atoms. The Hall–Kier alpha value is -0.892. The van der Waals surface area contributed by atoms with Crippen molar-refractivity contribution in [2.75, 3.05) is 0 Å². The Morgan fingerprint density at radius 1 is 0.390 bits per heavy atom. The topological polar surface area (TPSA) is 74.6 Å². The fraction of sp³-hybridized carbons (Fsp3) is 0.833. The number of hydrogen-bond donors (Lipinski definition) is 2. The summed E-state index contributed by atoms with van der Waals surface area (Å²) >= 11 is 0. The molecule has 0 amide bonds. The van der Waals surface area contributed by atoms with Gasteiger partial charge in [-0.25, -0.2) is 0 Å². The average Bonchev–Trinajstić information content (AvgIpc) is 2.93. The molecule has 2 N–H and O–H groups in total. The van der Waals surface area contributed by atoms with Gasteiger partial charge < -0.3 is 10.2 Å². The number of carbonyl (C=O) groups is 2. The number of carboxylic acids is 2. The number of carboxylic acid groups (broad SMARTS) is 2. The molecule has 0 aromatic heterocycles. The van der Waals surface area contributed by atoms with E-state index in [1.54, 1.807) is 0 Å². The van der Waals surface area contributed by atoms with Crippen molar-refractivity contribution < 1.29 is 40.9 Å². The molecular weight excluding hydrogens is 691 g/mol. The summed E-state index contributed by atoms with van der Waals surface area (Å²) in [5, 5.41) is 17.0. The minimum absolute atomic E-state index is 0. The molecule has 4 nitrogen and oxygen atoms in total. The van der Waals surface area contributed by atoms with Crippen LogP contribution in [0.1, 0.15) is 194 Å². The van der Waals surface area contributed by atoms with E-state index < -0.39 is 11.9 Å². The summed E-state index contributed by atoms with van der Waals surface area (Å²) in [4.78, 5) is 20.6. The van der Waals surface area contributed by atoms with Crippen LogP contribution in [0.15, 0.2) is 24.3 Å². The van der Waals surface area contributed by atoms with E-state index >= 15 is 0 Å². The summed E-state index contributed by atoms with van der Waals surface area (Å²) in [6.45, 7) is 4.52. The van der Waals surface area contributed by atoms with Gasteiger partial charge >= 0.3 is 11.9 Å². The Kier molecular flexibility index (Phi) is 44.8. The molecule has 0 aromatic rings. The predicted octanol–water partition coefficient (Wildman–Crippen LogP) is 12.2. The number of unbranched alkanes of at least 4 members (excludes halogenated alkanes) is 22. The first-order chi connectivity index (χ1) is 19.5. The summed E-state index contributed by atoms with van der Waals surface area (Å²) in [6.07, 6.45) is 42.5. The van der Waals surface area contributed by atoms with Crippen LogP contribution in [0.3, 0.4) is 0 Å². The number of hydrogen-bond acceptors (Lipinski definition) is 2. The van der Waals surface area contributed by atoms with Gasteiger partial charge in [-0.05, 0) is 64.2 Å². The largest absolute Gasteiger partial charge is 0.481 e. The zero-order chi connectivity index (χ0) is 29.8. The number of aliphatic carboxylic acids is 2. The summed E-state index contributed by atoms with van der Waals surface area (Å²) in [5.41, 5.74) is 0. The summed E-state index contributed by atoms with van der Waals surface area (Å²) in [7, 11) is 0. The summed E-state index contributed by atoms with van der Waals surface area (Å²) in [5.74, 6) is -1.33. The molecular formula is C36H68O4Pt. The SMILES string of the molecule is CCCCCCCC/C=C\CCCCCCCC(=O)O.CCCCCCCC/C=C\CCCCCCCC(=O)O.[Pt]. The molecule has 0 aromatic carbocycles. The third kappa shape index (κ3) is 49.1. The van der Waals surface area contributed by atoms with Crippen molar-refractivity contribution in [3.05, 3.63) is 24.3 Å². The first-order valence-electron chi connectivity index (χ1n) is 17.3. The predicted molar refractivity (Wildman–Crippen MR) is 174 cm³/mol. The van der Waals surface area contributed by atoms with Crippen LogP contribution in [-0.2, 0) is 30.7 Å². The second-order valence-electron chi connectivity index (χ2n) is 11.5. The van der Waals surface area contributed by atoms with Crippen LogP contribution >= 0.6 is 0 Å². The van der Waals surface area contributed by atoms with Crippen LogP contribution in [0.25, 0.3) is 0 Å². The van der Waals surface area contributed by atoms with Crippen LogP contribution in [0, 0.1) is 0 Å².